The van der Waals surface area contributed by atoms with E-state index in [1.165, 1.54) is 35.5 Å². The fourth-order valence-electron chi connectivity index (χ4n) is 2.22. The van der Waals surface area contributed by atoms with Gasteiger partial charge in [-0.15, -0.1) is 0 Å². The van der Waals surface area contributed by atoms with E-state index in [1.54, 1.807) is 0 Å². The normalized spacial score (nSPS) is 18.7. The predicted molar refractivity (Wildman–Crippen MR) is 73.0 cm³/mol. The molecule has 1 saturated heterocycles. The number of nitrogens with two attached hydrogens (primary N) is 1. The van der Waals surface area contributed by atoms with Crippen molar-refractivity contribution in [2.45, 2.75) is 38.1 Å². The van der Waals surface area contributed by atoms with Crippen LogP contribution in [0.15, 0.2) is 24.3 Å². The van der Waals surface area contributed by atoms with Crippen LogP contribution < -0.4 is 5.73 Å². The SMILES string of the molecule is CC(C)(N)c1ccc(C2CCSCC2)cc1. The summed E-state index contributed by atoms with van der Waals surface area (Å²) in [7, 11) is 0. The van der Waals surface area contributed by atoms with Crippen LogP contribution in [0.5, 0.6) is 0 Å². The number of thioether (sulfide) groups is 1. The van der Waals surface area contributed by atoms with Gasteiger partial charge in [0, 0.05) is 5.54 Å². The third kappa shape index (κ3) is 2.80. The summed E-state index contributed by atoms with van der Waals surface area (Å²) in [5.41, 5.74) is 8.58. The van der Waals surface area contributed by atoms with Gasteiger partial charge in [-0.3, -0.25) is 0 Å². The maximum Gasteiger partial charge on any atom is 0.0352 e. The van der Waals surface area contributed by atoms with Crippen molar-refractivity contribution in [2.75, 3.05) is 11.5 Å². The highest BCUT2D eigenvalue weighted by Gasteiger charge is 2.17. The third-order valence-electron chi connectivity index (χ3n) is 3.35. The van der Waals surface area contributed by atoms with Crippen LogP contribution in [0.25, 0.3) is 0 Å². The Hall–Kier alpha value is -0.470. The zero-order chi connectivity index (χ0) is 11.6. The molecule has 0 unspecified atom stereocenters. The lowest BCUT2D eigenvalue weighted by Gasteiger charge is -2.24. The standard InChI is InChI=1S/C14H21NS/c1-14(2,15)13-5-3-11(4-6-13)12-7-9-16-10-8-12/h3-6,12H,7-10,15H2,1-2H3. The Labute approximate surface area is 103 Å². The summed E-state index contributed by atoms with van der Waals surface area (Å²) in [6.45, 7) is 4.11. The van der Waals surface area contributed by atoms with Gasteiger partial charge in [-0.05, 0) is 55.2 Å². The number of rotatable bonds is 2. The van der Waals surface area contributed by atoms with Gasteiger partial charge in [0.2, 0.25) is 0 Å². The summed E-state index contributed by atoms with van der Waals surface area (Å²) in [5.74, 6) is 3.40. The topological polar surface area (TPSA) is 26.0 Å². The Bertz CT molecular complexity index is 331. The van der Waals surface area contributed by atoms with Crippen molar-refractivity contribution in [1.29, 1.82) is 0 Å². The van der Waals surface area contributed by atoms with E-state index in [4.69, 9.17) is 5.73 Å². The minimum absolute atomic E-state index is 0.221. The molecule has 0 amide bonds. The molecule has 0 spiro atoms. The summed E-state index contributed by atoms with van der Waals surface area (Å²) >= 11 is 2.08. The molecule has 1 aliphatic heterocycles. The van der Waals surface area contributed by atoms with Crippen LogP contribution in [0.3, 0.4) is 0 Å². The van der Waals surface area contributed by atoms with Crippen LogP contribution in [0.1, 0.15) is 43.7 Å². The van der Waals surface area contributed by atoms with Crippen molar-refractivity contribution in [1.82, 2.24) is 0 Å². The Balaban J connectivity index is 2.12. The first-order valence-electron chi connectivity index (χ1n) is 6.04. The molecule has 1 aromatic carbocycles. The highest BCUT2D eigenvalue weighted by molar-refractivity contribution is 7.99. The lowest BCUT2D eigenvalue weighted by molar-refractivity contribution is 0.553. The zero-order valence-corrected chi connectivity index (χ0v) is 11.0. The van der Waals surface area contributed by atoms with Gasteiger partial charge in [0.1, 0.15) is 0 Å². The number of benzene rings is 1. The van der Waals surface area contributed by atoms with Crippen molar-refractivity contribution in [2.24, 2.45) is 5.73 Å². The first-order chi connectivity index (χ1) is 7.57. The molecule has 16 heavy (non-hydrogen) atoms. The van der Waals surface area contributed by atoms with E-state index in [0.29, 0.717) is 0 Å². The quantitative estimate of drug-likeness (QED) is 0.849. The molecule has 88 valence electrons. The molecule has 0 aromatic heterocycles. The molecule has 2 N–H and O–H groups in total. The van der Waals surface area contributed by atoms with Crippen molar-refractivity contribution in [3.8, 4) is 0 Å². The molecule has 0 atom stereocenters. The predicted octanol–water partition coefficient (Wildman–Crippen LogP) is 3.49. The molecule has 2 heteroatoms. The molecule has 1 heterocycles. The minimum Gasteiger partial charge on any atom is -0.322 e. The molecule has 1 nitrogen and oxygen atoms in total. The lowest BCUT2D eigenvalue weighted by Crippen LogP contribution is -2.28. The molecule has 0 radical (unpaired) electrons. The van der Waals surface area contributed by atoms with Gasteiger partial charge in [-0.25, -0.2) is 0 Å². The molecule has 0 aliphatic carbocycles. The molecular formula is C14H21NS. The van der Waals surface area contributed by atoms with Gasteiger partial charge < -0.3 is 5.73 Å². The zero-order valence-electron chi connectivity index (χ0n) is 10.2. The molecule has 1 fully saturated rings. The fourth-order valence-corrected chi connectivity index (χ4v) is 3.32. The molecule has 0 bridgehead atoms. The Morgan fingerprint density at radius 3 is 2.19 bits per heavy atom. The first kappa shape index (κ1) is 12.0. The van der Waals surface area contributed by atoms with Crippen LogP contribution >= 0.6 is 11.8 Å². The van der Waals surface area contributed by atoms with Crippen LogP contribution in [0, 0.1) is 0 Å². The van der Waals surface area contributed by atoms with Gasteiger partial charge >= 0.3 is 0 Å². The van der Waals surface area contributed by atoms with Crippen molar-refractivity contribution in [3.05, 3.63) is 35.4 Å². The second-order valence-corrected chi connectivity index (χ2v) is 6.46. The molecular weight excluding hydrogens is 214 g/mol. The van der Waals surface area contributed by atoms with Gasteiger partial charge in [0.15, 0.2) is 0 Å². The molecule has 0 saturated carbocycles. The highest BCUT2D eigenvalue weighted by Crippen LogP contribution is 2.32. The van der Waals surface area contributed by atoms with Gasteiger partial charge in [-0.2, -0.15) is 11.8 Å². The summed E-state index contributed by atoms with van der Waals surface area (Å²) in [5, 5.41) is 0. The first-order valence-corrected chi connectivity index (χ1v) is 7.20. The summed E-state index contributed by atoms with van der Waals surface area (Å²) < 4.78 is 0. The van der Waals surface area contributed by atoms with Gasteiger partial charge in [-0.1, -0.05) is 24.3 Å². The summed E-state index contributed by atoms with van der Waals surface area (Å²) in [4.78, 5) is 0. The molecule has 1 aromatic rings. The van der Waals surface area contributed by atoms with Crippen molar-refractivity contribution >= 4 is 11.8 Å². The van der Waals surface area contributed by atoms with Crippen LogP contribution in [-0.2, 0) is 5.54 Å². The van der Waals surface area contributed by atoms with E-state index in [1.807, 2.05) is 0 Å². The van der Waals surface area contributed by atoms with E-state index < -0.39 is 0 Å². The Morgan fingerprint density at radius 2 is 1.69 bits per heavy atom. The van der Waals surface area contributed by atoms with Gasteiger partial charge in [0.25, 0.3) is 0 Å². The molecule has 1 aliphatic rings. The maximum absolute atomic E-state index is 6.08. The maximum atomic E-state index is 6.08. The van der Waals surface area contributed by atoms with E-state index in [-0.39, 0.29) is 5.54 Å². The van der Waals surface area contributed by atoms with Crippen molar-refractivity contribution in [3.63, 3.8) is 0 Å². The monoisotopic (exact) mass is 235 g/mol. The average Bonchev–Trinajstić information content (AvgIpc) is 2.29. The molecule has 2 rings (SSSR count). The van der Waals surface area contributed by atoms with E-state index in [9.17, 15) is 0 Å². The Kier molecular flexibility index (Phi) is 3.60. The Morgan fingerprint density at radius 1 is 1.12 bits per heavy atom. The third-order valence-corrected chi connectivity index (χ3v) is 4.40. The summed E-state index contributed by atoms with van der Waals surface area (Å²) in [6.07, 6.45) is 2.66. The smallest absolute Gasteiger partial charge is 0.0352 e. The second-order valence-electron chi connectivity index (χ2n) is 5.23. The van der Waals surface area contributed by atoms with Crippen LogP contribution in [0.4, 0.5) is 0 Å². The van der Waals surface area contributed by atoms with Crippen molar-refractivity contribution < 1.29 is 0 Å². The van der Waals surface area contributed by atoms with E-state index >= 15 is 0 Å². The second kappa shape index (κ2) is 4.80. The minimum atomic E-state index is -0.221. The fraction of sp³-hybridized carbons (Fsp3) is 0.571. The van der Waals surface area contributed by atoms with E-state index in [0.717, 1.165) is 5.92 Å². The lowest BCUT2D eigenvalue weighted by atomic mass is 9.89. The highest BCUT2D eigenvalue weighted by atomic mass is 32.2. The van der Waals surface area contributed by atoms with Crippen LogP contribution in [-0.4, -0.2) is 11.5 Å². The summed E-state index contributed by atoms with van der Waals surface area (Å²) in [6, 6.07) is 8.92. The number of hydrogen-bond acceptors (Lipinski definition) is 2. The number of hydrogen-bond donors (Lipinski definition) is 1. The largest absolute Gasteiger partial charge is 0.322 e. The van der Waals surface area contributed by atoms with Gasteiger partial charge in [0.05, 0.1) is 0 Å². The average molecular weight is 235 g/mol. The van der Waals surface area contributed by atoms with E-state index in [2.05, 4.69) is 49.9 Å². The van der Waals surface area contributed by atoms with Crippen LogP contribution in [0.2, 0.25) is 0 Å².